The van der Waals surface area contributed by atoms with Crippen LogP contribution in [0.15, 0.2) is 6.07 Å². The number of ether oxygens (including phenoxy) is 1. The molecule has 3 aliphatic rings. The van der Waals surface area contributed by atoms with Crippen molar-refractivity contribution in [1.82, 2.24) is 19.6 Å². The molecule has 5 heteroatoms. The Morgan fingerprint density at radius 3 is 2.60 bits per heavy atom. The van der Waals surface area contributed by atoms with Crippen LogP contribution in [0.4, 0.5) is 0 Å². The van der Waals surface area contributed by atoms with Gasteiger partial charge in [0.05, 0.1) is 6.61 Å². The maximum Gasteiger partial charge on any atom is 0.232 e. The highest BCUT2D eigenvalue weighted by Crippen LogP contribution is 2.26. The molecular weight excluding hydrogens is 312 g/mol. The fraction of sp³-hybridized carbons (Fsp3) is 0.850. The van der Waals surface area contributed by atoms with E-state index in [1.165, 1.54) is 76.8 Å². The lowest BCUT2D eigenvalue weighted by atomic mass is 9.91. The second-order valence-electron chi connectivity index (χ2n) is 8.31. The van der Waals surface area contributed by atoms with Crippen LogP contribution in [0.25, 0.3) is 0 Å². The molecule has 1 aromatic rings. The van der Waals surface area contributed by atoms with Crippen molar-refractivity contribution in [3.05, 3.63) is 11.8 Å². The Morgan fingerprint density at radius 2 is 1.84 bits per heavy atom. The highest BCUT2D eigenvalue weighted by atomic mass is 16.5. The predicted octanol–water partition coefficient (Wildman–Crippen LogP) is 2.79. The highest BCUT2D eigenvalue weighted by Gasteiger charge is 2.27. The second kappa shape index (κ2) is 8.09. The third-order valence-corrected chi connectivity index (χ3v) is 6.52. The van der Waals surface area contributed by atoms with Gasteiger partial charge in [-0.3, -0.25) is 4.68 Å². The monoisotopic (exact) mass is 346 g/mol. The number of hydrogen-bond donors (Lipinski definition) is 0. The molecule has 0 atom stereocenters. The Hall–Kier alpha value is -1.07. The molecule has 4 rings (SSSR count). The van der Waals surface area contributed by atoms with Crippen LogP contribution in [0.5, 0.6) is 5.88 Å². The molecule has 1 aromatic heterocycles. The van der Waals surface area contributed by atoms with Crippen molar-refractivity contribution in [1.29, 1.82) is 0 Å². The number of aryl methyl sites for hydroxylation is 2. The topological polar surface area (TPSA) is 33.5 Å². The number of rotatable bonds is 5. The maximum atomic E-state index is 5.97. The standard InChI is InChI=1S/C20H34N4O/c1-22-11-7-18(8-12-22)23-13-5-17(6-14-23)9-15-25-20-16-19-4-2-3-10-24(19)21-20/h16-18H,2-15H2,1H3. The van der Waals surface area contributed by atoms with Crippen LogP contribution in [-0.4, -0.2) is 65.5 Å². The summed E-state index contributed by atoms with van der Waals surface area (Å²) in [6.07, 6.45) is 10.3. The molecule has 5 nitrogen and oxygen atoms in total. The van der Waals surface area contributed by atoms with Crippen molar-refractivity contribution in [2.45, 2.75) is 64.0 Å². The fourth-order valence-corrected chi connectivity index (χ4v) is 4.76. The predicted molar refractivity (Wildman–Crippen MR) is 100 cm³/mol. The largest absolute Gasteiger partial charge is 0.477 e. The minimum Gasteiger partial charge on any atom is -0.477 e. The van der Waals surface area contributed by atoms with Gasteiger partial charge in [-0.05, 0) is 90.5 Å². The van der Waals surface area contributed by atoms with E-state index < -0.39 is 0 Å². The molecule has 25 heavy (non-hydrogen) atoms. The van der Waals surface area contributed by atoms with Gasteiger partial charge in [0.25, 0.3) is 0 Å². The van der Waals surface area contributed by atoms with Crippen molar-refractivity contribution < 1.29 is 4.74 Å². The van der Waals surface area contributed by atoms with Crippen LogP contribution in [0.1, 0.15) is 50.6 Å². The number of piperidine rings is 2. The number of likely N-dealkylation sites (tertiary alicyclic amines) is 2. The van der Waals surface area contributed by atoms with Crippen LogP contribution in [0, 0.1) is 5.92 Å². The Labute approximate surface area is 152 Å². The minimum absolute atomic E-state index is 0.829. The fourth-order valence-electron chi connectivity index (χ4n) is 4.76. The van der Waals surface area contributed by atoms with Crippen molar-refractivity contribution in [2.24, 2.45) is 5.92 Å². The van der Waals surface area contributed by atoms with E-state index in [2.05, 4.69) is 32.7 Å². The van der Waals surface area contributed by atoms with Crippen LogP contribution < -0.4 is 4.74 Å². The Morgan fingerprint density at radius 1 is 1.04 bits per heavy atom. The summed E-state index contributed by atoms with van der Waals surface area (Å²) in [4.78, 5) is 5.22. The zero-order valence-corrected chi connectivity index (χ0v) is 15.8. The number of hydrogen-bond acceptors (Lipinski definition) is 4. The number of fused-ring (bicyclic) bond motifs is 1. The Kier molecular flexibility index (Phi) is 5.61. The molecule has 0 aromatic carbocycles. The lowest BCUT2D eigenvalue weighted by Crippen LogP contribution is -2.47. The molecular formula is C20H34N4O. The second-order valence-corrected chi connectivity index (χ2v) is 8.31. The summed E-state index contributed by atoms with van der Waals surface area (Å²) in [7, 11) is 2.25. The third-order valence-electron chi connectivity index (χ3n) is 6.52. The van der Waals surface area contributed by atoms with Gasteiger partial charge in [-0.1, -0.05) is 0 Å². The van der Waals surface area contributed by atoms with E-state index in [9.17, 15) is 0 Å². The lowest BCUT2D eigenvalue weighted by molar-refractivity contribution is 0.0801. The molecule has 0 spiro atoms. The van der Waals surface area contributed by atoms with Gasteiger partial charge in [-0.2, -0.15) is 0 Å². The normalized spacial score (nSPS) is 24.4. The molecule has 0 amide bonds. The summed E-state index contributed by atoms with van der Waals surface area (Å²) < 4.78 is 8.10. The van der Waals surface area contributed by atoms with E-state index in [0.717, 1.165) is 37.4 Å². The first-order valence-corrected chi connectivity index (χ1v) is 10.4. The molecule has 0 bridgehead atoms. The molecule has 0 unspecified atom stereocenters. The van der Waals surface area contributed by atoms with E-state index in [4.69, 9.17) is 4.74 Å². The number of nitrogens with zero attached hydrogens (tertiary/aromatic N) is 4. The van der Waals surface area contributed by atoms with E-state index in [1.54, 1.807) is 0 Å². The van der Waals surface area contributed by atoms with Gasteiger partial charge in [-0.15, -0.1) is 5.10 Å². The molecule has 0 N–H and O–H groups in total. The average molecular weight is 347 g/mol. The zero-order chi connectivity index (χ0) is 17.1. The average Bonchev–Trinajstić information content (AvgIpc) is 3.06. The minimum atomic E-state index is 0.829. The van der Waals surface area contributed by atoms with E-state index in [0.29, 0.717) is 0 Å². The van der Waals surface area contributed by atoms with Gasteiger partial charge >= 0.3 is 0 Å². The molecule has 0 aliphatic carbocycles. The van der Waals surface area contributed by atoms with E-state index >= 15 is 0 Å². The molecule has 3 aliphatic heterocycles. The zero-order valence-electron chi connectivity index (χ0n) is 15.8. The first-order valence-electron chi connectivity index (χ1n) is 10.4. The molecule has 4 heterocycles. The van der Waals surface area contributed by atoms with Gasteiger partial charge in [0.15, 0.2) is 0 Å². The smallest absolute Gasteiger partial charge is 0.232 e. The molecule has 0 radical (unpaired) electrons. The Bertz CT molecular complexity index is 518. The molecule has 2 saturated heterocycles. The highest BCUT2D eigenvalue weighted by molar-refractivity contribution is 5.16. The maximum absolute atomic E-state index is 5.97. The first-order chi connectivity index (χ1) is 12.3. The third kappa shape index (κ3) is 4.37. The summed E-state index contributed by atoms with van der Waals surface area (Å²) in [6, 6.07) is 2.99. The Balaban J connectivity index is 1.16. The van der Waals surface area contributed by atoms with Crippen LogP contribution >= 0.6 is 0 Å². The van der Waals surface area contributed by atoms with Gasteiger partial charge in [0.1, 0.15) is 0 Å². The van der Waals surface area contributed by atoms with Crippen LogP contribution in [0.3, 0.4) is 0 Å². The van der Waals surface area contributed by atoms with Crippen molar-refractivity contribution in [3.8, 4) is 5.88 Å². The van der Waals surface area contributed by atoms with Gasteiger partial charge in [0, 0.05) is 24.3 Å². The van der Waals surface area contributed by atoms with Crippen molar-refractivity contribution >= 4 is 0 Å². The lowest BCUT2D eigenvalue weighted by Gasteiger charge is -2.41. The first kappa shape index (κ1) is 17.3. The molecule has 2 fully saturated rings. The van der Waals surface area contributed by atoms with Crippen LogP contribution in [-0.2, 0) is 13.0 Å². The summed E-state index contributed by atoms with van der Waals surface area (Å²) >= 11 is 0. The quantitative estimate of drug-likeness (QED) is 0.821. The van der Waals surface area contributed by atoms with Gasteiger partial charge < -0.3 is 14.5 Å². The van der Waals surface area contributed by atoms with E-state index in [1.807, 2.05) is 0 Å². The SMILES string of the molecule is CN1CCC(N2CCC(CCOc3cc4n(n3)CCCC4)CC2)CC1. The van der Waals surface area contributed by atoms with Crippen LogP contribution in [0.2, 0.25) is 0 Å². The van der Waals surface area contributed by atoms with Gasteiger partial charge in [0.2, 0.25) is 5.88 Å². The summed E-state index contributed by atoms with van der Waals surface area (Å²) in [6.45, 7) is 7.01. The summed E-state index contributed by atoms with van der Waals surface area (Å²) in [5, 5.41) is 4.60. The summed E-state index contributed by atoms with van der Waals surface area (Å²) in [5.41, 5.74) is 1.35. The van der Waals surface area contributed by atoms with Crippen molar-refractivity contribution in [2.75, 3.05) is 39.8 Å². The van der Waals surface area contributed by atoms with Gasteiger partial charge in [-0.25, -0.2) is 0 Å². The van der Waals surface area contributed by atoms with E-state index in [-0.39, 0.29) is 0 Å². The molecule has 140 valence electrons. The summed E-state index contributed by atoms with van der Waals surface area (Å²) in [5.74, 6) is 1.68. The van der Waals surface area contributed by atoms with Crippen molar-refractivity contribution in [3.63, 3.8) is 0 Å². The number of aromatic nitrogens is 2. The molecule has 0 saturated carbocycles.